The lowest BCUT2D eigenvalue weighted by Crippen LogP contribution is -2.27. The predicted molar refractivity (Wildman–Crippen MR) is 120 cm³/mol. The van der Waals surface area contributed by atoms with Crippen LogP contribution in [0.4, 0.5) is 0 Å². The van der Waals surface area contributed by atoms with Gasteiger partial charge in [0.2, 0.25) is 0 Å². The molecule has 162 valence electrons. The second-order valence-electron chi connectivity index (χ2n) is 7.39. The van der Waals surface area contributed by atoms with Crippen LogP contribution in [-0.2, 0) is 4.79 Å². The number of esters is 1. The second kappa shape index (κ2) is 9.75. The number of nitriles is 1. The zero-order valence-corrected chi connectivity index (χ0v) is 18.0. The molecule has 0 spiro atoms. The van der Waals surface area contributed by atoms with Gasteiger partial charge in [0, 0.05) is 18.0 Å². The molecule has 1 N–H and O–H groups in total. The number of hydrogen-bond acceptors (Lipinski definition) is 6. The van der Waals surface area contributed by atoms with Crippen LogP contribution in [0.3, 0.4) is 0 Å². The number of hydrogen-bond donors (Lipinski definition) is 1. The van der Waals surface area contributed by atoms with E-state index in [1.165, 1.54) is 24.3 Å². The minimum Gasteiger partial charge on any atom is -0.422 e. The fourth-order valence-electron chi connectivity index (χ4n) is 3.01. The van der Waals surface area contributed by atoms with Gasteiger partial charge in [-0.15, -0.1) is 0 Å². The summed E-state index contributed by atoms with van der Waals surface area (Å²) in [7, 11) is 0. The summed E-state index contributed by atoms with van der Waals surface area (Å²) in [5.41, 5.74) is 0.925. The number of nitrogens with zero attached hydrogens (tertiary/aromatic N) is 1. The third-order valence-electron chi connectivity index (χ3n) is 4.75. The molecule has 0 aliphatic rings. The minimum atomic E-state index is -0.832. The standard InChI is InChI=1S/C25H22N2O5/c1-4-27-23(28)21-12-18-9-10-20(13-22(18)32-25(21)30)31-24(29)19(14-26)11-16-5-7-17(8-6-16)15(2)3/h5-13,15H,4H2,1-3H3,(H,27,28)/b19-11+. The molecular formula is C25H22N2O5. The van der Waals surface area contributed by atoms with Crippen LogP contribution in [0.2, 0.25) is 0 Å². The van der Waals surface area contributed by atoms with Crippen LogP contribution in [0, 0.1) is 11.3 Å². The predicted octanol–water partition coefficient (Wildman–Crippen LogP) is 4.18. The van der Waals surface area contributed by atoms with E-state index in [1.807, 2.05) is 30.3 Å². The Kier molecular flexibility index (Phi) is 6.86. The monoisotopic (exact) mass is 430 g/mol. The summed E-state index contributed by atoms with van der Waals surface area (Å²) in [6.07, 6.45) is 1.45. The van der Waals surface area contributed by atoms with Gasteiger partial charge in [-0.3, -0.25) is 4.79 Å². The summed E-state index contributed by atoms with van der Waals surface area (Å²) in [5, 5.41) is 12.4. The molecule has 1 heterocycles. The lowest BCUT2D eigenvalue weighted by atomic mass is 10.0. The Bertz CT molecular complexity index is 1290. The Balaban J connectivity index is 1.83. The fraction of sp³-hybridized carbons (Fsp3) is 0.200. The first-order valence-electron chi connectivity index (χ1n) is 10.1. The van der Waals surface area contributed by atoms with Gasteiger partial charge in [-0.1, -0.05) is 38.1 Å². The van der Waals surface area contributed by atoms with Gasteiger partial charge in [-0.05, 0) is 48.2 Å². The number of carbonyl (C=O) groups excluding carboxylic acids is 2. The molecular weight excluding hydrogens is 408 g/mol. The van der Waals surface area contributed by atoms with Crippen LogP contribution in [0.1, 0.15) is 48.2 Å². The van der Waals surface area contributed by atoms with Crippen molar-refractivity contribution < 1.29 is 18.7 Å². The van der Waals surface area contributed by atoms with E-state index in [2.05, 4.69) is 19.2 Å². The van der Waals surface area contributed by atoms with Crippen molar-refractivity contribution >= 4 is 28.9 Å². The van der Waals surface area contributed by atoms with Gasteiger partial charge in [0.25, 0.3) is 5.91 Å². The number of rotatable bonds is 6. The molecule has 0 saturated carbocycles. The fourth-order valence-corrected chi connectivity index (χ4v) is 3.01. The minimum absolute atomic E-state index is 0.104. The van der Waals surface area contributed by atoms with Crippen molar-refractivity contribution in [1.29, 1.82) is 5.26 Å². The van der Waals surface area contributed by atoms with Crippen LogP contribution in [0.25, 0.3) is 17.0 Å². The Labute approximate surface area is 184 Å². The van der Waals surface area contributed by atoms with Gasteiger partial charge >= 0.3 is 11.6 Å². The lowest BCUT2D eigenvalue weighted by molar-refractivity contribution is -0.129. The topological polar surface area (TPSA) is 109 Å². The summed E-state index contributed by atoms with van der Waals surface area (Å²) in [6, 6.07) is 15.2. The molecule has 0 radical (unpaired) electrons. The van der Waals surface area contributed by atoms with Gasteiger partial charge in [0.05, 0.1) is 0 Å². The number of ether oxygens (including phenoxy) is 1. The molecule has 1 aromatic heterocycles. The number of carbonyl (C=O) groups is 2. The molecule has 0 saturated heterocycles. The first kappa shape index (κ1) is 22.5. The van der Waals surface area contributed by atoms with Gasteiger partial charge in [0.1, 0.15) is 28.5 Å². The van der Waals surface area contributed by atoms with Crippen molar-refractivity contribution in [1.82, 2.24) is 5.32 Å². The zero-order chi connectivity index (χ0) is 23.3. The van der Waals surface area contributed by atoms with Crippen molar-refractivity contribution in [2.45, 2.75) is 26.7 Å². The molecule has 32 heavy (non-hydrogen) atoms. The summed E-state index contributed by atoms with van der Waals surface area (Å²) in [6.45, 7) is 6.28. The van der Waals surface area contributed by atoms with Gasteiger partial charge in [-0.25, -0.2) is 9.59 Å². The van der Waals surface area contributed by atoms with Crippen LogP contribution in [0.15, 0.2) is 63.3 Å². The third kappa shape index (κ3) is 5.10. The summed E-state index contributed by atoms with van der Waals surface area (Å²) in [4.78, 5) is 36.6. The summed E-state index contributed by atoms with van der Waals surface area (Å²) >= 11 is 0. The Morgan fingerprint density at radius 2 is 1.88 bits per heavy atom. The van der Waals surface area contributed by atoms with E-state index in [9.17, 15) is 19.6 Å². The van der Waals surface area contributed by atoms with Crippen LogP contribution < -0.4 is 15.7 Å². The molecule has 3 aromatic rings. The van der Waals surface area contributed by atoms with E-state index in [1.54, 1.807) is 13.0 Å². The highest BCUT2D eigenvalue weighted by Crippen LogP contribution is 2.22. The van der Waals surface area contributed by atoms with E-state index in [4.69, 9.17) is 9.15 Å². The highest BCUT2D eigenvalue weighted by atomic mass is 16.5. The van der Waals surface area contributed by atoms with Gasteiger partial charge < -0.3 is 14.5 Å². The molecule has 3 rings (SSSR count). The number of fused-ring (bicyclic) bond motifs is 1. The number of benzene rings is 2. The number of amides is 1. The first-order valence-corrected chi connectivity index (χ1v) is 10.1. The molecule has 2 aromatic carbocycles. The summed E-state index contributed by atoms with van der Waals surface area (Å²) < 4.78 is 10.5. The normalized spacial score (nSPS) is 11.3. The van der Waals surface area contributed by atoms with Crippen molar-refractivity contribution in [2.24, 2.45) is 0 Å². The first-order chi connectivity index (χ1) is 15.3. The molecule has 7 nitrogen and oxygen atoms in total. The maximum absolute atomic E-state index is 12.5. The quantitative estimate of drug-likeness (QED) is 0.207. The maximum atomic E-state index is 12.5. The van der Waals surface area contributed by atoms with E-state index in [-0.39, 0.29) is 22.5 Å². The second-order valence-corrected chi connectivity index (χ2v) is 7.39. The average molecular weight is 430 g/mol. The number of nitrogens with one attached hydrogen (secondary N) is 1. The van der Waals surface area contributed by atoms with E-state index in [0.29, 0.717) is 23.4 Å². The van der Waals surface area contributed by atoms with Crippen molar-refractivity contribution in [3.8, 4) is 11.8 Å². The van der Waals surface area contributed by atoms with Gasteiger partial charge in [-0.2, -0.15) is 5.26 Å². The summed E-state index contributed by atoms with van der Waals surface area (Å²) in [5.74, 6) is -0.879. The van der Waals surface area contributed by atoms with Crippen LogP contribution >= 0.6 is 0 Å². The Hall–Kier alpha value is -4.18. The molecule has 0 aliphatic carbocycles. The average Bonchev–Trinajstić information content (AvgIpc) is 2.77. The van der Waals surface area contributed by atoms with Crippen LogP contribution in [-0.4, -0.2) is 18.4 Å². The lowest BCUT2D eigenvalue weighted by Gasteiger charge is -2.07. The van der Waals surface area contributed by atoms with Crippen molar-refractivity contribution in [2.75, 3.05) is 6.54 Å². The van der Waals surface area contributed by atoms with Gasteiger partial charge in [0.15, 0.2) is 0 Å². The van der Waals surface area contributed by atoms with Crippen LogP contribution in [0.5, 0.6) is 5.75 Å². The molecule has 0 bridgehead atoms. The highest BCUT2D eigenvalue weighted by Gasteiger charge is 2.16. The van der Waals surface area contributed by atoms with E-state index < -0.39 is 17.5 Å². The molecule has 7 heteroatoms. The maximum Gasteiger partial charge on any atom is 0.354 e. The zero-order valence-electron chi connectivity index (χ0n) is 18.0. The van der Waals surface area contributed by atoms with E-state index in [0.717, 1.165) is 5.56 Å². The van der Waals surface area contributed by atoms with E-state index >= 15 is 0 Å². The molecule has 1 amide bonds. The van der Waals surface area contributed by atoms with Crippen molar-refractivity contribution in [3.63, 3.8) is 0 Å². The third-order valence-corrected chi connectivity index (χ3v) is 4.75. The largest absolute Gasteiger partial charge is 0.422 e. The molecule has 0 aliphatic heterocycles. The Morgan fingerprint density at radius 1 is 1.16 bits per heavy atom. The molecule has 0 atom stereocenters. The highest BCUT2D eigenvalue weighted by molar-refractivity contribution is 5.99. The Morgan fingerprint density at radius 3 is 2.50 bits per heavy atom. The SMILES string of the molecule is CCNC(=O)c1cc2ccc(OC(=O)/C(C#N)=C/c3ccc(C(C)C)cc3)cc2oc1=O. The molecule has 0 fully saturated rings. The van der Waals surface area contributed by atoms with Crippen molar-refractivity contribution in [3.05, 3.63) is 81.2 Å². The smallest absolute Gasteiger partial charge is 0.354 e. The molecule has 0 unspecified atom stereocenters.